The number of nitrogens with one attached hydrogen (secondary N) is 1. The molecule has 0 aliphatic carbocycles. The van der Waals surface area contributed by atoms with Crippen molar-refractivity contribution in [2.75, 3.05) is 19.0 Å². The Kier molecular flexibility index (Phi) is 5.63. The number of carbonyl (C=O) groups is 1. The van der Waals surface area contributed by atoms with Crippen molar-refractivity contribution < 1.29 is 14.3 Å². The van der Waals surface area contributed by atoms with E-state index in [0.29, 0.717) is 18.0 Å². The number of amides is 1. The summed E-state index contributed by atoms with van der Waals surface area (Å²) >= 11 is 0. The number of anilines is 1. The number of hydrogen-bond donors (Lipinski definition) is 1. The molecule has 0 aromatic heterocycles. The molecule has 0 saturated heterocycles. The minimum Gasteiger partial charge on any atom is -0.495 e. The number of hydrogen-bond acceptors (Lipinski definition) is 3. The summed E-state index contributed by atoms with van der Waals surface area (Å²) in [5, 5.41) is 2.87. The summed E-state index contributed by atoms with van der Waals surface area (Å²) in [6.45, 7) is 6.40. The van der Waals surface area contributed by atoms with E-state index in [2.05, 4.69) is 12.2 Å². The lowest BCUT2D eigenvalue weighted by atomic mass is 10.1. The lowest BCUT2D eigenvalue weighted by Gasteiger charge is -2.12. The maximum Gasteiger partial charge on any atom is 0.227 e. The topological polar surface area (TPSA) is 47.6 Å². The highest BCUT2D eigenvalue weighted by molar-refractivity contribution is 5.92. The second kappa shape index (κ2) is 7.68. The van der Waals surface area contributed by atoms with E-state index in [1.807, 2.05) is 50.2 Å². The summed E-state index contributed by atoms with van der Waals surface area (Å²) in [6.07, 6.45) is 0.282. The van der Waals surface area contributed by atoms with Crippen molar-refractivity contribution in [3.05, 3.63) is 53.1 Å². The van der Waals surface area contributed by atoms with Crippen molar-refractivity contribution in [1.82, 2.24) is 0 Å². The van der Waals surface area contributed by atoms with Gasteiger partial charge in [0.15, 0.2) is 0 Å². The molecule has 4 nitrogen and oxygen atoms in total. The van der Waals surface area contributed by atoms with E-state index >= 15 is 0 Å². The zero-order valence-electron chi connectivity index (χ0n) is 14.1. The van der Waals surface area contributed by atoms with E-state index in [0.717, 1.165) is 11.3 Å². The van der Waals surface area contributed by atoms with E-state index in [-0.39, 0.29) is 12.3 Å². The summed E-state index contributed by atoms with van der Waals surface area (Å²) < 4.78 is 10.9. The van der Waals surface area contributed by atoms with E-state index in [9.17, 15) is 4.79 Å². The molecule has 2 aromatic rings. The van der Waals surface area contributed by atoms with E-state index in [4.69, 9.17) is 9.47 Å². The van der Waals surface area contributed by atoms with E-state index in [1.165, 1.54) is 11.1 Å². The molecule has 0 aliphatic rings. The Morgan fingerprint density at radius 1 is 1.04 bits per heavy atom. The molecular weight excluding hydrogens is 290 g/mol. The minimum atomic E-state index is -0.0993. The molecule has 1 N–H and O–H groups in total. The van der Waals surface area contributed by atoms with Gasteiger partial charge in [0.05, 0.1) is 25.8 Å². The molecule has 0 unspecified atom stereocenters. The summed E-state index contributed by atoms with van der Waals surface area (Å²) in [7, 11) is 1.59. The van der Waals surface area contributed by atoms with Crippen molar-refractivity contribution in [3.8, 4) is 11.5 Å². The Balaban J connectivity index is 1.88. The van der Waals surface area contributed by atoms with Gasteiger partial charge in [-0.25, -0.2) is 0 Å². The van der Waals surface area contributed by atoms with Gasteiger partial charge in [-0.3, -0.25) is 4.79 Å². The Morgan fingerprint density at radius 2 is 1.83 bits per heavy atom. The van der Waals surface area contributed by atoms with Crippen LogP contribution in [0, 0.1) is 20.8 Å². The predicted octanol–water partition coefficient (Wildman–Crippen LogP) is 4.03. The molecule has 2 rings (SSSR count). The highest BCUT2D eigenvalue weighted by Gasteiger charge is 2.08. The molecule has 0 bridgehead atoms. The lowest BCUT2D eigenvalue weighted by Crippen LogP contribution is -2.15. The molecule has 0 atom stereocenters. The third-order valence-electron chi connectivity index (χ3n) is 3.71. The molecule has 0 spiro atoms. The largest absolute Gasteiger partial charge is 0.495 e. The van der Waals surface area contributed by atoms with Crippen LogP contribution in [0.1, 0.15) is 23.1 Å². The van der Waals surface area contributed by atoms with Gasteiger partial charge in [-0.1, -0.05) is 12.1 Å². The van der Waals surface area contributed by atoms with Crippen molar-refractivity contribution in [1.29, 1.82) is 0 Å². The quantitative estimate of drug-likeness (QED) is 0.876. The van der Waals surface area contributed by atoms with Gasteiger partial charge < -0.3 is 14.8 Å². The van der Waals surface area contributed by atoms with Crippen molar-refractivity contribution in [3.63, 3.8) is 0 Å². The van der Waals surface area contributed by atoms with Crippen LogP contribution < -0.4 is 14.8 Å². The van der Waals surface area contributed by atoms with Gasteiger partial charge in [0, 0.05) is 0 Å². The molecule has 2 aromatic carbocycles. The third-order valence-corrected chi connectivity index (χ3v) is 3.71. The molecule has 122 valence electrons. The van der Waals surface area contributed by atoms with Crippen LogP contribution in [0.3, 0.4) is 0 Å². The summed E-state index contributed by atoms with van der Waals surface area (Å²) in [4.78, 5) is 12.1. The predicted molar refractivity (Wildman–Crippen MR) is 92.4 cm³/mol. The van der Waals surface area contributed by atoms with Gasteiger partial charge in [0.1, 0.15) is 11.5 Å². The number of methoxy groups -OCH3 is 1. The average molecular weight is 313 g/mol. The fraction of sp³-hybridized carbons (Fsp3) is 0.316. The Morgan fingerprint density at radius 3 is 2.52 bits per heavy atom. The van der Waals surface area contributed by atoms with Crippen LogP contribution in [-0.4, -0.2) is 19.6 Å². The lowest BCUT2D eigenvalue weighted by molar-refractivity contribution is -0.116. The first-order chi connectivity index (χ1) is 11.0. The normalized spacial score (nSPS) is 10.3. The van der Waals surface area contributed by atoms with Crippen LogP contribution in [0.15, 0.2) is 36.4 Å². The second-order valence-electron chi connectivity index (χ2n) is 5.60. The third kappa shape index (κ3) is 4.74. The monoisotopic (exact) mass is 313 g/mol. The van der Waals surface area contributed by atoms with Crippen LogP contribution in [-0.2, 0) is 4.79 Å². The molecule has 4 heteroatoms. The van der Waals surface area contributed by atoms with Gasteiger partial charge in [0.25, 0.3) is 0 Å². The van der Waals surface area contributed by atoms with Crippen molar-refractivity contribution in [2.45, 2.75) is 27.2 Å². The van der Waals surface area contributed by atoms with Gasteiger partial charge in [-0.2, -0.15) is 0 Å². The number of benzene rings is 2. The van der Waals surface area contributed by atoms with Gasteiger partial charge >= 0.3 is 0 Å². The Bertz CT molecular complexity index is 695. The minimum absolute atomic E-state index is 0.0993. The number of aryl methyl sites for hydroxylation is 3. The zero-order chi connectivity index (χ0) is 16.8. The molecule has 0 fully saturated rings. The first-order valence-electron chi connectivity index (χ1n) is 7.64. The van der Waals surface area contributed by atoms with Crippen molar-refractivity contribution in [2.24, 2.45) is 0 Å². The second-order valence-corrected chi connectivity index (χ2v) is 5.60. The Hall–Kier alpha value is -2.49. The fourth-order valence-electron chi connectivity index (χ4n) is 2.20. The van der Waals surface area contributed by atoms with Gasteiger partial charge in [-0.15, -0.1) is 0 Å². The Labute approximate surface area is 137 Å². The SMILES string of the molecule is COc1ccc(C)cc1NC(=O)CCOc1ccc(C)c(C)c1. The fourth-order valence-corrected chi connectivity index (χ4v) is 2.20. The number of ether oxygens (including phenoxy) is 2. The van der Waals surface area contributed by atoms with Crippen LogP contribution in [0.25, 0.3) is 0 Å². The maximum absolute atomic E-state index is 12.1. The summed E-state index contributed by atoms with van der Waals surface area (Å²) in [6, 6.07) is 11.6. The molecule has 0 heterocycles. The first-order valence-corrected chi connectivity index (χ1v) is 7.64. The van der Waals surface area contributed by atoms with Crippen LogP contribution in [0.4, 0.5) is 5.69 Å². The molecule has 23 heavy (non-hydrogen) atoms. The van der Waals surface area contributed by atoms with Crippen molar-refractivity contribution >= 4 is 11.6 Å². The molecule has 0 radical (unpaired) electrons. The smallest absolute Gasteiger partial charge is 0.227 e. The van der Waals surface area contributed by atoms with Gasteiger partial charge in [-0.05, 0) is 61.7 Å². The number of carbonyl (C=O) groups excluding carboxylic acids is 1. The maximum atomic E-state index is 12.1. The zero-order valence-corrected chi connectivity index (χ0v) is 14.1. The molecule has 1 amide bonds. The highest BCUT2D eigenvalue weighted by Crippen LogP contribution is 2.25. The molecular formula is C19H23NO3. The average Bonchev–Trinajstić information content (AvgIpc) is 2.51. The summed E-state index contributed by atoms with van der Waals surface area (Å²) in [5.74, 6) is 1.34. The van der Waals surface area contributed by atoms with E-state index in [1.54, 1.807) is 7.11 Å². The standard InChI is InChI=1S/C19H23NO3/c1-13-5-8-18(22-4)17(11-13)20-19(21)9-10-23-16-7-6-14(2)15(3)12-16/h5-8,11-12H,9-10H2,1-4H3,(H,20,21). The first kappa shape index (κ1) is 16.9. The van der Waals surface area contributed by atoms with E-state index < -0.39 is 0 Å². The van der Waals surface area contributed by atoms with Gasteiger partial charge in [0.2, 0.25) is 5.91 Å². The number of rotatable bonds is 6. The van der Waals surface area contributed by atoms with Crippen LogP contribution in [0.5, 0.6) is 11.5 Å². The molecule has 0 aliphatic heterocycles. The summed E-state index contributed by atoms with van der Waals surface area (Å²) in [5.41, 5.74) is 4.15. The molecule has 0 saturated carbocycles. The van der Waals surface area contributed by atoms with Crippen LogP contribution in [0.2, 0.25) is 0 Å². The van der Waals surface area contributed by atoms with Crippen LogP contribution >= 0.6 is 0 Å². The highest BCUT2D eigenvalue weighted by atomic mass is 16.5.